The topological polar surface area (TPSA) is 64.4 Å². The monoisotopic (exact) mass is 242 g/mol. The van der Waals surface area contributed by atoms with Crippen LogP contribution in [0.5, 0.6) is 0 Å². The summed E-state index contributed by atoms with van der Waals surface area (Å²) in [4.78, 5) is 15.0. The van der Waals surface area contributed by atoms with Crippen LogP contribution in [0.15, 0.2) is 0 Å². The molecule has 0 bridgehead atoms. The van der Waals surface area contributed by atoms with Gasteiger partial charge in [0.05, 0.1) is 0 Å². The molecule has 1 atom stereocenters. The minimum atomic E-state index is -4.43. The van der Waals surface area contributed by atoms with Crippen LogP contribution in [0.3, 0.4) is 0 Å². The van der Waals surface area contributed by atoms with Gasteiger partial charge in [0.2, 0.25) is 5.91 Å². The number of halogens is 3. The molecule has 0 radical (unpaired) electrons. The van der Waals surface area contributed by atoms with E-state index in [0.29, 0.717) is 13.0 Å². The molecule has 0 rings (SSSR count). The van der Waals surface area contributed by atoms with Gasteiger partial charge in [0.15, 0.2) is 6.61 Å². The van der Waals surface area contributed by atoms with Gasteiger partial charge in [0, 0.05) is 6.42 Å². The second-order valence-corrected chi connectivity index (χ2v) is 3.65. The third-order valence-corrected chi connectivity index (χ3v) is 1.95. The molecule has 1 amide bonds. The Morgan fingerprint density at radius 2 is 2.06 bits per heavy atom. The zero-order chi connectivity index (χ0) is 12.6. The number of alkyl halides is 3. The molecule has 0 aromatic carbocycles. The van der Waals surface area contributed by atoms with E-state index in [9.17, 15) is 18.0 Å². The first-order valence-corrected chi connectivity index (χ1v) is 5.02. The lowest BCUT2D eigenvalue weighted by molar-refractivity contribution is -0.191. The first kappa shape index (κ1) is 15.2. The third-order valence-electron chi connectivity index (χ3n) is 1.95. The molecule has 0 saturated heterocycles. The molecule has 4 nitrogen and oxygen atoms in total. The van der Waals surface area contributed by atoms with Gasteiger partial charge < -0.3 is 5.73 Å². The highest BCUT2D eigenvalue weighted by molar-refractivity contribution is 5.74. The van der Waals surface area contributed by atoms with Gasteiger partial charge in [-0.15, -0.1) is 0 Å². The predicted octanol–water partition coefficient (Wildman–Crippen LogP) is 1.36. The van der Waals surface area contributed by atoms with Crippen molar-refractivity contribution in [2.24, 2.45) is 11.7 Å². The highest BCUT2D eigenvalue weighted by Gasteiger charge is 2.28. The molecule has 0 spiro atoms. The Balaban J connectivity index is 3.52. The molecule has 0 aromatic rings. The molecular weight excluding hydrogens is 225 g/mol. The van der Waals surface area contributed by atoms with Crippen LogP contribution < -0.4 is 11.2 Å². The summed E-state index contributed by atoms with van der Waals surface area (Å²) in [6.07, 6.45) is -2.92. The van der Waals surface area contributed by atoms with Crippen LogP contribution in [0, 0.1) is 5.92 Å². The van der Waals surface area contributed by atoms with Crippen molar-refractivity contribution >= 4 is 5.91 Å². The molecule has 0 aromatic heterocycles. The Kier molecular flexibility index (Phi) is 7.07. The van der Waals surface area contributed by atoms with Gasteiger partial charge in [-0.3, -0.25) is 9.63 Å². The molecule has 7 heteroatoms. The van der Waals surface area contributed by atoms with Gasteiger partial charge in [-0.2, -0.15) is 13.2 Å². The van der Waals surface area contributed by atoms with Crippen LogP contribution in [0.2, 0.25) is 0 Å². The molecule has 0 aliphatic carbocycles. The fourth-order valence-corrected chi connectivity index (χ4v) is 1.06. The van der Waals surface area contributed by atoms with Crippen molar-refractivity contribution in [3.05, 3.63) is 0 Å². The molecule has 3 N–H and O–H groups in total. The number of hydrogen-bond donors (Lipinski definition) is 2. The van der Waals surface area contributed by atoms with Crippen LogP contribution in [0.1, 0.15) is 26.2 Å². The maximum Gasteiger partial charge on any atom is 0.414 e. The molecule has 0 heterocycles. The molecule has 96 valence electrons. The predicted molar refractivity (Wildman–Crippen MR) is 52.2 cm³/mol. The first-order chi connectivity index (χ1) is 7.35. The van der Waals surface area contributed by atoms with E-state index in [2.05, 4.69) is 4.84 Å². The molecule has 0 aliphatic rings. The lowest BCUT2D eigenvalue weighted by atomic mass is 10.0. The summed E-state index contributed by atoms with van der Waals surface area (Å²) in [5, 5.41) is 0. The van der Waals surface area contributed by atoms with E-state index < -0.39 is 18.7 Å². The number of hydroxylamine groups is 1. The number of rotatable bonds is 7. The van der Waals surface area contributed by atoms with Crippen molar-refractivity contribution in [2.75, 3.05) is 13.2 Å². The van der Waals surface area contributed by atoms with E-state index >= 15 is 0 Å². The van der Waals surface area contributed by atoms with Crippen LogP contribution in [0.4, 0.5) is 13.2 Å². The zero-order valence-electron chi connectivity index (χ0n) is 9.14. The van der Waals surface area contributed by atoms with Crippen molar-refractivity contribution in [3.63, 3.8) is 0 Å². The summed E-state index contributed by atoms with van der Waals surface area (Å²) in [5.74, 6) is -0.272. The first-order valence-electron chi connectivity index (χ1n) is 5.02. The molecule has 16 heavy (non-hydrogen) atoms. The Labute approximate surface area is 92.3 Å². The van der Waals surface area contributed by atoms with Gasteiger partial charge >= 0.3 is 6.18 Å². The number of nitrogens with one attached hydrogen (secondary N) is 1. The average molecular weight is 242 g/mol. The standard InChI is InChI=1S/C9H17F3N2O2/c1-7(4-5-13)2-3-8(15)14-16-6-9(10,11)12/h7H,2-6,13H2,1H3,(H,14,15). The van der Waals surface area contributed by atoms with Crippen LogP contribution in [-0.4, -0.2) is 25.2 Å². The van der Waals surface area contributed by atoms with Crippen LogP contribution >= 0.6 is 0 Å². The minimum Gasteiger partial charge on any atom is -0.330 e. The second kappa shape index (κ2) is 7.45. The van der Waals surface area contributed by atoms with E-state index in [1.165, 1.54) is 0 Å². The fourth-order valence-electron chi connectivity index (χ4n) is 1.06. The number of amides is 1. The number of hydrogen-bond acceptors (Lipinski definition) is 3. The lowest BCUT2D eigenvalue weighted by Gasteiger charge is -2.10. The summed E-state index contributed by atoms with van der Waals surface area (Å²) in [6, 6.07) is 0. The van der Waals surface area contributed by atoms with Gasteiger partial charge in [-0.1, -0.05) is 6.92 Å². The molecule has 0 fully saturated rings. The van der Waals surface area contributed by atoms with Gasteiger partial charge in [-0.25, -0.2) is 5.48 Å². The van der Waals surface area contributed by atoms with Crippen molar-refractivity contribution in [1.82, 2.24) is 5.48 Å². The smallest absolute Gasteiger partial charge is 0.330 e. The van der Waals surface area contributed by atoms with Crippen LogP contribution in [0.25, 0.3) is 0 Å². The SMILES string of the molecule is CC(CCN)CCC(=O)NOCC(F)(F)F. The van der Waals surface area contributed by atoms with Gasteiger partial charge in [-0.05, 0) is 25.3 Å². The quantitative estimate of drug-likeness (QED) is 0.662. The third kappa shape index (κ3) is 9.72. The van der Waals surface area contributed by atoms with E-state index in [0.717, 1.165) is 6.42 Å². The minimum absolute atomic E-state index is 0.138. The Hall–Kier alpha value is -0.820. The number of carbonyl (C=O) groups is 1. The molecule has 0 saturated carbocycles. The van der Waals surface area contributed by atoms with Gasteiger partial charge in [0.25, 0.3) is 0 Å². The summed E-state index contributed by atoms with van der Waals surface area (Å²) < 4.78 is 34.9. The highest BCUT2D eigenvalue weighted by Crippen LogP contribution is 2.13. The highest BCUT2D eigenvalue weighted by atomic mass is 19.4. The maximum absolute atomic E-state index is 11.6. The second-order valence-electron chi connectivity index (χ2n) is 3.65. The van der Waals surface area contributed by atoms with Crippen molar-refractivity contribution in [2.45, 2.75) is 32.4 Å². The van der Waals surface area contributed by atoms with E-state index in [1.807, 2.05) is 6.92 Å². The Morgan fingerprint density at radius 3 is 2.56 bits per heavy atom. The van der Waals surface area contributed by atoms with E-state index in [4.69, 9.17) is 5.73 Å². The zero-order valence-corrected chi connectivity index (χ0v) is 9.14. The van der Waals surface area contributed by atoms with Crippen molar-refractivity contribution < 1.29 is 22.8 Å². The molecule has 0 aliphatic heterocycles. The summed E-state index contributed by atoms with van der Waals surface area (Å²) >= 11 is 0. The van der Waals surface area contributed by atoms with Gasteiger partial charge in [0.1, 0.15) is 0 Å². The largest absolute Gasteiger partial charge is 0.414 e. The van der Waals surface area contributed by atoms with E-state index in [1.54, 1.807) is 5.48 Å². The normalized spacial score (nSPS) is 13.6. The summed E-state index contributed by atoms with van der Waals surface area (Å²) in [6.45, 7) is 0.987. The van der Waals surface area contributed by atoms with Crippen molar-refractivity contribution in [1.29, 1.82) is 0 Å². The number of nitrogens with two attached hydrogens (primary N) is 1. The van der Waals surface area contributed by atoms with Crippen LogP contribution in [-0.2, 0) is 9.63 Å². The molecule has 1 unspecified atom stereocenters. The maximum atomic E-state index is 11.6. The van der Waals surface area contributed by atoms with Crippen molar-refractivity contribution in [3.8, 4) is 0 Å². The average Bonchev–Trinajstić information content (AvgIpc) is 2.13. The number of carbonyl (C=O) groups excluding carboxylic acids is 1. The summed E-state index contributed by atoms with van der Waals surface area (Å²) in [7, 11) is 0. The lowest BCUT2D eigenvalue weighted by Crippen LogP contribution is -2.29. The fraction of sp³-hybridized carbons (Fsp3) is 0.889. The Bertz CT molecular complexity index is 209. The molecular formula is C9H17F3N2O2. The summed E-state index contributed by atoms with van der Waals surface area (Å²) in [5.41, 5.74) is 7.06. The Morgan fingerprint density at radius 1 is 1.44 bits per heavy atom. The van der Waals surface area contributed by atoms with E-state index in [-0.39, 0.29) is 12.3 Å².